The van der Waals surface area contributed by atoms with E-state index in [9.17, 15) is 4.79 Å². The highest BCUT2D eigenvalue weighted by atomic mass is 16.5. The zero-order valence-electron chi connectivity index (χ0n) is 13.7. The Morgan fingerprint density at radius 1 is 1.48 bits per heavy atom. The lowest BCUT2D eigenvalue weighted by Crippen LogP contribution is -2.48. The van der Waals surface area contributed by atoms with Crippen LogP contribution in [-0.4, -0.2) is 29.1 Å². The predicted molar refractivity (Wildman–Crippen MR) is 88.0 cm³/mol. The van der Waals surface area contributed by atoms with Gasteiger partial charge in [0.05, 0.1) is 0 Å². The highest BCUT2D eigenvalue weighted by Crippen LogP contribution is 2.26. The molecule has 2 heterocycles. The lowest BCUT2D eigenvalue weighted by molar-refractivity contribution is -0.121. The molecule has 1 aromatic heterocycles. The van der Waals surface area contributed by atoms with E-state index in [1.54, 1.807) is 0 Å². The Bertz CT molecular complexity index is 706. The standard InChI is InChI=1S/C17H22N4O2/c1-4-15-20-17(23-21-15)12-6-5-10(2)14(7-12)19-16(22)11(3)13-8-18-9-13/h5-7,11,13,18H,4,8-9H2,1-3H3,(H,19,22). The number of aryl methyl sites for hydroxylation is 2. The van der Waals surface area contributed by atoms with Crippen LogP contribution in [0.5, 0.6) is 0 Å². The Morgan fingerprint density at radius 2 is 2.26 bits per heavy atom. The minimum absolute atomic E-state index is 0.00518. The molecule has 1 fully saturated rings. The maximum Gasteiger partial charge on any atom is 0.257 e. The van der Waals surface area contributed by atoms with Crippen LogP contribution in [0.3, 0.4) is 0 Å². The highest BCUT2D eigenvalue weighted by Gasteiger charge is 2.28. The van der Waals surface area contributed by atoms with E-state index in [0.717, 1.165) is 36.3 Å². The second-order valence-electron chi connectivity index (χ2n) is 6.10. The molecule has 1 saturated heterocycles. The molecular weight excluding hydrogens is 292 g/mol. The highest BCUT2D eigenvalue weighted by molar-refractivity contribution is 5.94. The molecule has 1 aromatic carbocycles. The molecule has 0 aliphatic carbocycles. The van der Waals surface area contributed by atoms with Crippen LogP contribution in [0.2, 0.25) is 0 Å². The van der Waals surface area contributed by atoms with Crippen molar-refractivity contribution in [3.05, 3.63) is 29.6 Å². The molecule has 122 valence electrons. The Morgan fingerprint density at radius 3 is 2.87 bits per heavy atom. The molecule has 2 N–H and O–H groups in total. The van der Waals surface area contributed by atoms with Gasteiger partial charge in [-0.25, -0.2) is 0 Å². The van der Waals surface area contributed by atoms with E-state index >= 15 is 0 Å². The van der Waals surface area contributed by atoms with E-state index in [4.69, 9.17) is 4.52 Å². The average molecular weight is 314 g/mol. The Labute approximate surface area is 135 Å². The molecule has 0 bridgehead atoms. The van der Waals surface area contributed by atoms with Gasteiger partial charge in [0, 0.05) is 23.6 Å². The van der Waals surface area contributed by atoms with Gasteiger partial charge in [-0.3, -0.25) is 4.79 Å². The molecule has 6 heteroatoms. The fraction of sp³-hybridized carbons (Fsp3) is 0.471. The van der Waals surface area contributed by atoms with Gasteiger partial charge >= 0.3 is 0 Å². The van der Waals surface area contributed by atoms with Crippen molar-refractivity contribution in [3.63, 3.8) is 0 Å². The number of aromatic nitrogens is 2. The summed E-state index contributed by atoms with van der Waals surface area (Å²) in [5.41, 5.74) is 2.62. The van der Waals surface area contributed by atoms with Crippen LogP contribution in [0.15, 0.2) is 22.7 Å². The molecule has 3 rings (SSSR count). The third-order valence-electron chi connectivity index (χ3n) is 4.46. The molecule has 6 nitrogen and oxygen atoms in total. The van der Waals surface area contributed by atoms with Gasteiger partial charge in [0.15, 0.2) is 5.82 Å². The van der Waals surface area contributed by atoms with Gasteiger partial charge in [0.1, 0.15) is 0 Å². The van der Waals surface area contributed by atoms with E-state index in [1.165, 1.54) is 0 Å². The van der Waals surface area contributed by atoms with Crippen molar-refractivity contribution in [3.8, 4) is 11.5 Å². The molecule has 0 radical (unpaired) electrons. The lowest BCUT2D eigenvalue weighted by atomic mass is 9.88. The van der Waals surface area contributed by atoms with E-state index in [0.29, 0.717) is 17.6 Å². The summed E-state index contributed by atoms with van der Waals surface area (Å²) in [5, 5.41) is 10.2. The monoisotopic (exact) mass is 314 g/mol. The summed E-state index contributed by atoms with van der Waals surface area (Å²) in [4.78, 5) is 16.7. The van der Waals surface area contributed by atoms with Crippen molar-refractivity contribution in [1.29, 1.82) is 0 Å². The van der Waals surface area contributed by atoms with Gasteiger partial charge < -0.3 is 15.2 Å². The fourth-order valence-corrected chi connectivity index (χ4v) is 2.53. The number of nitrogens with one attached hydrogen (secondary N) is 2. The maximum absolute atomic E-state index is 12.4. The first-order valence-electron chi connectivity index (χ1n) is 8.03. The number of anilines is 1. The van der Waals surface area contributed by atoms with Crippen molar-refractivity contribution in [2.75, 3.05) is 18.4 Å². The largest absolute Gasteiger partial charge is 0.334 e. The summed E-state index contributed by atoms with van der Waals surface area (Å²) in [6.45, 7) is 7.75. The van der Waals surface area contributed by atoms with Crippen LogP contribution in [-0.2, 0) is 11.2 Å². The number of carbonyl (C=O) groups is 1. The molecule has 1 aliphatic rings. The van der Waals surface area contributed by atoms with Crippen LogP contribution < -0.4 is 10.6 Å². The molecule has 1 unspecified atom stereocenters. The lowest BCUT2D eigenvalue weighted by Gasteiger charge is -2.31. The third kappa shape index (κ3) is 3.27. The molecule has 1 atom stereocenters. The van der Waals surface area contributed by atoms with Gasteiger partial charge in [0.2, 0.25) is 5.91 Å². The SMILES string of the molecule is CCc1noc(-c2ccc(C)c(NC(=O)C(C)C3CNC3)c2)n1. The Kier molecular flexibility index (Phi) is 4.43. The van der Waals surface area contributed by atoms with Crippen LogP contribution in [0.4, 0.5) is 5.69 Å². The minimum atomic E-state index is -0.00518. The van der Waals surface area contributed by atoms with Gasteiger partial charge in [-0.05, 0) is 43.6 Å². The topological polar surface area (TPSA) is 80.0 Å². The summed E-state index contributed by atoms with van der Waals surface area (Å²) in [7, 11) is 0. The minimum Gasteiger partial charge on any atom is -0.334 e. The first-order valence-corrected chi connectivity index (χ1v) is 8.03. The first-order chi connectivity index (χ1) is 11.1. The third-order valence-corrected chi connectivity index (χ3v) is 4.46. The molecule has 1 aliphatic heterocycles. The van der Waals surface area contributed by atoms with Crippen molar-refractivity contribution in [2.24, 2.45) is 11.8 Å². The van der Waals surface area contributed by atoms with Crippen LogP contribution >= 0.6 is 0 Å². The van der Waals surface area contributed by atoms with Crippen LogP contribution in [0, 0.1) is 18.8 Å². The number of benzene rings is 1. The summed E-state index contributed by atoms with van der Waals surface area (Å²) in [6.07, 6.45) is 0.728. The van der Waals surface area contributed by atoms with E-state index in [-0.39, 0.29) is 11.8 Å². The van der Waals surface area contributed by atoms with Crippen LogP contribution in [0.1, 0.15) is 25.2 Å². The number of carbonyl (C=O) groups excluding carboxylic acids is 1. The van der Waals surface area contributed by atoms with E-state index < -0.39 is 0 Å². The second-order valence-corrected chi connectivity index (χ2v) is 6.10. The molecule has 1 amide bonds. The Balaban J connectivity index is 1.78. The zero-order chi connectivity index (χ0) is 16.4. The summed E-state index contributed by atoms with van der Waals surface area (Å²) >= 11 is 0. The average Bonchev–Trinajstić information content (AvgIpc) is 2.96. The smallest absolute Gasteiger partial charge is 0.257 e. The maximum atomic E-state index is 12.4. The number of rotatable bonds is 5. The van der Waals surface area contributed by atoms with Gasteiger partial charge in [-0.1, -0.05) is 25.1 Å². The van der Waals surface area contributed by atoms with Crippen molar-refractivity contribution in [2.45, 2.75) is 27.2 Å². The number of hydrogen-bond acceptors (Lipinski definition) is 5. The van der Waals surface area contributed by atoms with Gasteiger partial charge in [0.25, 0.3) is 5.89 Å². The number of nitrogens with zero attached hydrogens (tertiary/aromatic N) is 2. The Hall–Kier alpha value is -2.21. The van der Waals surface area contributed by atoms with Crippen molar-refractivity contribution >= 4 is 11.6 Å². The second kappa shape index (κ2) is 6.50. The summed E-state index contributed by atoms with van der Waals surface area (Å²) in [5.74, 6) is 1.62. The number of amides is 1. The van der Waals surface area contributed by atoms with E-state index in [1.807, 2.05) is 39.0 Å². The quantitative estimate of drug-likeness (QED) is 0.886. The van der Waals surface area contributed by atoms with Crippen LogP contribution in [0.25, 0.3) is 11.5 Å². The zero-order valence-corrected chi connectivity index (χ0v) is 13.7. The van der Waals surface area contributed by atoms with Crippen molar-refractivity contribution in [1.82, 2.24) is 15.5 Å². The summed E-state index contributed by atoms with van der Waals surface area (Å²) in [6, 6.07) is 5.78. The molecule has 23 heavy (non-hydrogen) atoms. The van der Waals surface area contributed by atoms with E-state index in [2.05, 4.69) is 20.8 Å². The first kappa shape index (κ1) is 15.7. The molecule has 0 spiro atoms. The normalized spacial score (nSPS) is 16.0. The number of hydrogen-bond donors (Lipinski definition) is 2. The van der Waals surface area contributed by atoms with Gasteiger partial charge in [-0.15, -0.1) is 0 Å². The predicted octanol–water partition coefficient (Wildman–Crippen LogP) is 2.40. The molecule has 0 saturated carbocycles. The van der Waals surface area contributed by atoms with Crippen molar-refractivity contribution < 1.29 is 9.32 Å². The van der Waals surface area contributed by atoms with Gasteiger partial charge in [-0.2, -0.15) is 4.98 Å². The summed E-state index contributed by atoms with van der Waals surface area (Å²) < 4.78 is 5.27. The molecule has 2 aromatic rings. The fourth-order valence-electron chi connectivity index (χ4n) is 2.53. The molecular formula is C17H22N4O2.